The molecule has 1 saturated heterocycles. The molecule has 0 aromatic heterocycles. The smallest absolute Gasteiger partial charge is 0.248 e. The summed E-state index contributed by atoms with van der Waals surface area (Å²) in [5.74, 6) is -0.0748. The van der Waals surface area contributed by atoms with Crippen molar-refractivity contribution in [3.05, 3.63) is 65.7 Å². The molecule has 1 aliphatic heterocycles. The van der Waals surface area contributed by atoms with Crippen molar-refractivity contribution in [2.45, 2.75) is 13.0 Å². The first-order valence-electron chi connectivity index (χ1n) is 9.51. The van der Waals surface area contributed by atoms with Gasteiger partial charge in [-0.3, -0.25) is 14.5 Å². The van der Waals surface area contributed by atoms with Gasteiger partial charge in [-0.05, 0) is 24.6 Å². The van der Waals surface area contributed by atoms with Gasteiger partial charge in [-0.15, -0.1) is 0 Å². The molecule has 0 radical (unpaired) electrons. The van der Waals surface area contributed by atoms with E-state index in [-0.39, 0.29) is 18.4 Å². The van der Waals surface area contributed by atoms with Crippen LogP contribution in [0.3, 0.4) is 0 Å². The fourth-order valence-electron chi connectivity index (χ4n) is 3.46. The van der Waals surface area contributed by atoms with Crippen molar-refractivity contribution in [3.8, 4) is 0 Å². The van der Waals surface area contributed by atoms with E-state index in [4.69, 9.17) is 4.74 Å². The maximum atomic E-state index is 13.2. The molecule has 3 rings (SSSR count). The molecule has 2 aromatic rings. The molecule has 1 heterocycles. The van der Waals surface area contributed by atoms with Crippen molar-refractivity contribution in [3.63, 3.8) is 0 Å². The van der Waals surface area contributed by atoms with Crippen molar-refractivity contribution < 1.29 is 14.3 Å². The number of piperazine rings is 1. The molecule has 6 heteroatoms. The second-order valence-corrected chi connectivity index (χ2v) is 7.02. The van der Waals surface area contributed by atoms with E-state index in [2.05, 4.69) is 10.2 Å². The van der Waals surface area contributed by atoms with Crippen LogP contribution in [0, 0.1) is 6.92 Å². The van der Waals surface area contributed by atoms with Gasteiger partial charge >= 0.3 is 0 Å². The zero-order chi connectivity index (χ0) is 19.9. The summed E-state index contributed by atoms with van der Waals surface area (Å²) in [5, 5.41) is 3.04. The van der Waals surface area contributed by atoms with E-state index in [1.165, 1.54) is 7.11 Å². The standard InChI is InChI=1S/C22H27N3O3/c1-17-8-10-19(11-9-17)23-22(27)21(18-6-4-3-5-7-18)25-14-12-24(13-15-25)20(26)16-28-2/h3-11,21H,12-16H2,1-2H3,(H,23,27). The number of rotatable bonds is 6. The highest BCUT2D eigenvalue weighted by atomic mass is 16.5. The highest BCUT2D eigenvalue weighted by molar-refractivity contribution is 5.95. The van der Waals surface area contributed by atoms with Crippen molar-refractivity contribution in [1.82, 2.24) is 9.80 Å². The second kappa shape index (κ2) is 9.48. The molecular formula is C22H27N3O3. The number of nitrogens with zero attached hydrogens (tertiary/aromatic N) is 2. The third kappa shape index (κ3) is 4.97. The van der Waals surface area contributed by atoms with Gasteiger partial charge in [-0.25, -0.2) is 0 Å². The SMILES string of the molecule is COCC(=O)N1CCN(C(C(=O)Nc2ccc(C)cc2)c2ccccc2)CC1. The Bertz CT molecular complexity index is 784. The molecule has 1 fully saturated rings. The van der Waals surface area contributed by atoms with Crippen molar-refractivity contribution in [1.29, 1.82) is 0 Å². The molecule has 0 aliphatic carbocycles. The molecule has 1 N–H and O–H groups in total. The molecule has 1 atom stereocenters. The zero-order valence-corrected chi connectivity index (χ0v) is 16.4. The zero-order valence-electron chi connectivity index (χ0n) is 16.4. The molecule has 6 nitrogen and oxygen atoms in total. The maximum Gasteiger partial charge on any atom is 0.248 e. The Morgan fingerprint density at radius 2 is 1.64 bits per heavy atom. The highest BCUT2D eigenvalue weighted by Crippen LogP contribution is 2.24. The minimum absolute atomic E-state index is 0.0116. The van der Waals surface area contributed by atoms with E-state index in [0.717, 1.165) is 16.8 Å². The van der Waals surface area contributed by atoms with Gasteiger partial charge in [0, 0.05) is 39.0 Å². The monoisotopic (exact) mass is 381 g/mol. The van der Waals surface area contributed by atoms with E-state index in [1.54, 1.807) is 4.90 Å². The van der Waals surface area contributed by atoms with Gasteiger partial charge in [-0.1, -0.05) is 48.0 Å². The van der Waals surface area contributed by atoms with Crippen LogP contribution in [0.1, 0.15) is 17.2 Å². The number of hydrogen-bond donors (Lipinski definition) is 1. The van der Waals surface area contributed by atoms with Gasteiger partial charge in [0.2, 0.25) is 11.8 Å². The Morgan fingerprint density at radius 3 is 2.25 bits per heavy atom. The molecule has 0 saturated carbocycles. The number of carbonyl (C=O) groups excluding carboxylic acids is 2. The van der Waals surface area contributed by atoms with Gasteiger partial charge in [0.25, 0.3) is 0 Å². The highest BCUT2D eigenvalue weighted by Gasteiger charge is 2.31. The van der Waals surface area contributed by atoms with E-state index >= 15 is 0 Å². The fourth-order valence-corrected chi connectivity index (χ4v) is 3.46. The minimum atomic E-state index is -0.401. The molecule has 0 bridgehead atoms. The second-order valence-electron chi connectivity index (χ2n) is 7.02. The number of nitrogens with one attached hydrogen (secondary N) is 1. The van der Waals surface area contributed by atoms with Crippen LogP contribution in [0.15, 0.2) is 54.6 Å². The van der Waals surface area contributed by atoms with E-state index in [0.29, 0.717) is 26.2 Å². The van der Waals surface area contributed by atoms with E-state index in [1.807, 2.05) is 61.5 Å². The molecule has 1 unspecified atom stereocenters. The molecule has 1 aliphatic rings. The van der Waals surface area contributed by atoms with Crippen LogP contribution >= 0.6 is 0 Å². The summed E-state index contributed by atoms with van der Waals surface area (Å²) in [6.07, 6.45) is 0. The summed E-state index contributed by atoms with van der Waals surface area (Å²) >= 11 is 0. The Hall–Kier alpha value is -2.70. The van der Waals surface area contributed by atoms with Crippen LogP contribution in [0.4, 0.5) is 5.69 Å². The molecule has 28 heavy (non-hydrogen) atoms. The summed E-state index contributed by atoms with van der Waals surface area (Å²) in [6, 6.07) is 17.2. The van der Waals surface area contributed by atoms with Crippen LogP contribution in [0.25, 0.3) is 0 Å². The molecular weight excluding hydrogens is 354 g/mol. The normalized spacial score (nSPS) is 15.9. The Morgan fingerprint density at radius 1 is 1.00 bits per heavy atom. The number of hydrogen-bond acceptors (Lipinski definition) is 4. The Labute approximate surface area is 166 Å². The van der Waals surface area contributed by atoms with Crippen molar-refractivity contribution in [2.75, 3.05) is 45.2 Å². The third-order valence-electron chi connectivity index (χ3n) is 4.98. The van der Waals surface area contributed by atoms with Gasteiger partial charge in [0.05, 0.1) is 0 Å². The molecule has 148 valence electrons. The van der Waals surface area contributed by atoms with Crippen molar-refractivity contribution in [2.24, 2.45) is 0 Å². The number of carbonyl (C=O) groups is 2. The number of amides is 2. The molecule has 2 aromatic carbocycles. The predicted molar refractivity (Wildman–Crippen MR) is 109 cm³/mol. The van der Waals surface area contributed by atoms with Crippen LogP contribution in [0.2, 0.25) is 0 Å². The largest absolute Gasteiger partial charge is 0.375 e. The average molecular weight is 381 g/mol. The first-order chi connectivity index (χ1) is 13.6. The van der Waals surface area contributed by atoms with Crippen LogP contribution in [-0.4, -0.2) is 61.5 Å². The van der Waals surface area contributed by atoms with Gasteiger partial charge < -0.3 is 15.0 Å². The van der Waals surface area contributed by atoms with Crippen LogP contribution < -0.4 is 5.32 Å². The predicted octanol–water partition coefficient (Wildman–Crippen LogP) is 2.47. The summed E-state index contributed by atoms with van der Waals surface area (Å²) in [5.41, 5.74) is 2.88. The lowest BCUT2D eigenvalue weighted by Gasteiger charge is -2.38. The van der Waals surface area contributed by atoms with Gasteiger partial charge in [0.1, 0.15) is 12.6 Å². The summed E-state index contributed by atoms with van der Waals surface area (Å²) in [4.78, 5) is 29.1. The lowest BCUT2D eigenvalue weighted by atomic mass is 10.0. The summed E-state index contributed by atoms with van der Waals surface area (Å²) < 4.78 is 4.94. The van der Waals surface area contributed by atoms with E-state index in [9.17, 15) is 9.59 Å². The quantitative estimate of drug-likeness (QED) is 0.835. The lowest BCUT2D eigenvalue weighted by molar-refractivity contribution is -0.137. The third-order valence-corrected chi connectivity index (χ3v) is 4.98. The summed E-state index contributed by atoms with van der Waals surface area (Å²) in [7, 11) is 1.52. The van der Waals surface area contributed by atoms with Gasteiger partial charge in [0.15, 0.2) is 0 Å². The number of ether oxygens (including phenoxy) is 1. The number of benzene rings is 2. The number of aryl methyl sites for hydroxylation is 1. The summed E-state index contributed by atoms with van der Waals surface area (Å²) in [6.45, 7) is 4.55. The lowest BCUT2D eigenvalue weighted by Crippen LogP contribution is -2.52. The van der Waals surface area contributed by atoms with Gasteiger partial charge in [-0.2, -0.15) is 0 Å². The first-order valence-corrected chi connectivity index (χ1v) is 9.51. The number of methoxy groups -OCH3 is 1. The first kappa shape index (κ1) is 20.0. The van der Waals surface area contributed by atoms with Crippen molar-refractivity contribution >= 4 is 17.5 Å². The molecule has 0 spiro atoms. The van der Waals surface area contributed by atoms with E-state index < -0.39 is 6.04 Å². The average Bonchev–Trinajstić information content (AvgIpc) is 2.71. The fraction of sp³-hybridized carbons (Fsp3) is 0.364. The maximum absolute atomic E-state index is 13.2. The minimum Gasteiger partial charge on any atom is -0.375 e. The number of anilines is 1. The Kier molecular flexibility index (Phi) is 6.79. The van der Waals surface area contributed by atoms with Crippen LogP contribution in [-0.2, 0) is 14.3 Å². The topological polar surface area (TPSA) is 61.9 Å². The van der Waals surface area contributed by atoms with Crippen LogP contribution in [0.5, 0.6) is 0 Å². The Balaban J connectivity index is 1.74. The molecule has 2 amide bonds.